The number of hydrogen-bond acceptors (Lipinski definition) is 6. The minimum absolute atomic E-state index is 0.178. The first-order valence-electron chi connectivity index (χ1n) is 8.68. The number of anilines is 1. The van der Waals surface area contributed by atoms with E-state index in [1.165, 1.54) is 0 Å². The molecule has 0 saturated carbocycles. The Morgan fingerprint density at radius 1 is 1.25 bits per heavy atom. The highest BCUT2D eigenvalue weighted by molar-refractivity contribution is 5.66. The number of pyridine rings is 1. The minimum Gasteiger partial charge on any atom is -0.402 e. The van der Waals surface area contributed by atoms with Crippen LogP contribution in [0.15, 0.2) is 48.4 Å². The summed E-state index contributed by atoms with van der Waals surface area (Å²) < 4.78 is 28.5. The Balaban J connectivity index is 0.00000136. The Morgan fingerprint density at radius 3 is 2.50 bits per heavy atom. The second-order valence-corrected chi connectivity index (χ2v) is 6.39. The standard InChI is InChI=1S/C18H22F2N6.CH2O/c1-13(21)4-5-15(22)16-11-17(25-9-6-18(19,20)7-10-25)24-26(16)14-3-2-8-23-12-14;1-2/h2-5,8,11-12H,6-7,9-10,21-22H2,1H3;1H2/b13-4-,15-5-;. The lowest BCUT2D eigenvalue weighted by Crippen LogP contribution is -2.39. The minimum atomic E-state index is -2.60. The third-order valence-electron chi connectivity index (χ3n) is 4.23. The zero-order valence-corrected chi connectivity index (χ0v) is 15.7. The molecule has 9 heteroatoms. The summed E-state index contributed by atoms with van der Waals surface area (Å²) in [5.74, 6) is -1.99. The van der Waals surface area contributed by atoms with Gasteiger partial charge in [-0.05, 0) is 31.2 Å². The monoisotopic (exact) mass is 390 g/mol. The Labute approximate surface area is 162 Å². The van der Waals surface area contributed by atoms with Gasteiger partial charge in [0.2, 0.25) is 0 Å². The van der Waals surface area contributed by atoms with Crippen molar-refractivity contribution in [1.82, 2.24) is 14.8 Å². The van der Waals surface area contributed by atoms with E-state index in [9.17, 15) is 8.78 Å². The summed E-state index contributed by atoms with van der Waals surface area (Å²) in [5, 5.41) is 4.58. The largest absolute Gasteiger partial charge is 0.402 e. The average Bonchev–Trinajstić information content (AvgIpc) is 3.14. The van der Waals surface area contributed by atoms with Crippen LogP contribution in [0.4, 0.5) is 14.6 Å². The number of rotatable bonds is 4. The molecular formula is C19H24F2N6O. The molecule has 0 bridgehead atoms. The highest BCUT2D eigenvalue weighted by atomic mass is 19.3. The van der Waals surface area contributed by atoms with Crippen molar-refractivity contribution in [2.75, 3.05) is 18.0 Å². The van der Waals surface area contributed by atoms with Gasteiger partial charge in [-0.25, -0.2) is 13.5 Å². The van der Waals surface area contributed by atoms with Crippen molar-refractivity contribution < 1.29 is 13.6 Å². The van der Waals surface area contributed by atoms with Crippen molar-refractivity contribution in [3.8, 4) is 5.69 Å². The molecule has 0 spiro atoms. The van der Waals surface area contributed by atoms with Crippen LogP contribution in [0.3, 0.4) is 0 Å². The van der Waals surface area contributed by atoms with Gasteiger partial charge in [-0.3, -0.25) is 4.98 Å². The number of aromatic nitrogens is 3. The number of nitrogens with two attached hydrogens (primary N) is 2. The third kappa shape index (κ3) is 5.15. The van der Waals surface area contributed by atoms with E-state index >= 15 is 0 Å². The quantitative estimate of drug-likeness (QED) is 0.778. The summed E-state index contributed by atoms with van der Waals surface area (Å²) in [4.78, 5) is 14.0. The number of allylic oxidation sites excluding steroid dienone is 3. The summed E-state index contributed by atoms with van der Waals surface area (Å²) in [6.07, 6.45) is 6.39. The molecule has 4 N–H and O–H groups in total. The van der Waals surface area contributed by atoms with Crippen LogP contribution >= 0.6 is 0 Å². The molecule has 0 unspecified atom stereocenters. The molecule has 2 aromatic rings. The molecule has 1 aliphatic rings. The molecule has 0 aliphatic carbocycles. The number of halogens is 2. The van der Waals surface area contributed by atoms with E-state index in [2.05, 4.69) is 10.1 Å². The van der Waals surface area contributed by atoms with Crippen LogP contribution in [0.1, 0.15) is 25.5 Å². The Kier molecular flexibility index (Phi) is 6.86. The van der Waals surface area contributed by atoms with Gasteiger partial charge in [0.25, 0.3) is 5.92 Å². The molecule has 0 aromatic carbocycles. The molecule has 0 radical (unpaired) electrons. The van der Waals surface area contributed by atoms with Crippen LogP contribution in [-0.4, -0.2) is 40.6 Å². The van der Waals surface area contributed by atoms with Gasteiger partial charge in [0.15, 0.2) is 5.82 Å². The average molecular weight is 390 g/mol. The van der Waals surface area contributed by atoms with Crippen molar-refractivity contribution >= 4 is 18.3 Å². The first-order chi connectivity index (χ1) is 13.4. The highest BCUT2D eigenvalue weighted by Gasteiger charge is 2.35. The maximum absolute atomic E-state index is 13.4. The summed E-state index contributed by atoms with van der Waals surface area (Å²) in [7, 11) is 0. The van der Waals surface area contributed by atoms with E-state index in [0.29, 0.717) is 22.9 Å². The Morgan fingerprint density at radius 2 is 1.93 bits per heavy atom. The summed E-state index contributed by atoms with van der Waals surface area (Å²) >= 11 is 0. The second-order valence-electron chi connectivity index (χ2n) is 6.39. The van der Waals surface area contributed by atoms with E-state index in [4.69, 9.17) is 16.3 Å². The molecule has 0 atom stereocenters. The zero-order chi connectivity index (χ0) is 20.7. The number of alkyl halides is 2. The maximum Gasteiger partial charge on any atom is 0.251 e. The van der Waals surface area contributed by atoms with Crippen molar-refractivity contribution in [2.45, 2.75) is 25.7 Å². The van der Waals surface area contributed by atoms with E-state index in [-0.39, 0.29) is 25.9 Å². The van der Waals surface area contributed by atoms with E-state index in [1.807, 2.05) is 23.8 Å². The van der Waals surface area contributed by atoms with E-state index in [0.717, 1.165) is 5.69 Å². The van der Waals surface area contributed by atoms with Crippen LogP contribution in [0.5, 0.6) is 0 Å². The smallest absolute Gasteiger partial charge is 0.251 e. The second kappa shape index (κ2) is 9.12. The molecule has 1 aliphatic heterocycles. The van der Waals surface area contributed by atoms with Crippen LogP contribution in [0, 0.1) is 0 Å². The van der Waals surface area contributed by atoms with Gasteiger partial charge in [-0.2, -0.15) is 0 Å². The van der Waals surface area contributed by atoms with Crippen LogP contribution in [0.25, 0.3) is 11.4 Å². The Hall–Kier alpha value is -3.23. The summed E-state index contributed by atoms with van der Waals surface area (Å²) in [6.45, 7) is 4.27. The lowest BCUT2D eigenvalue weighted by atomic mass is 10.1. The van der Waals surface area contributed by atoms with Crippen molar-refractivity contribution in [2.24, 2.45) is 11.5 Å². The predicted octanol–water partition coefficient (Wildman–Crippen LogP) is 2.48. The maximum atomic E-state index is 13.4. The van der Waals surface area contributed by atoms with Gasteiger partial charge < -0.3 is 21.2 Å². The predicted molar refractivity (Wildman–Crippen MR) is 105 cm³/mol. The molecule has 0 amide bonds. The number of piperidine rings is 1. The van der Waals surface area contributed by atoms with Gasteiger partial charge >= 0.3 is 0 Å². The molecule has 2 aromatic heterocycles. The molecule has 150 valence electrons. The van der Waals surface area contributed by atoms with Crippen LogP contribution < -0.4 is 16.4 Å². The van der Waals surface area contributed by atoms with Crippen LogP contribution in [-0.2, 0) is 4.79 Å². The number of hydrogen-bond donors (Lipinski definition) is 2. The first-order valence-corrected chi connectivity index (χ1v) is 8.68. The van der Waals surface area contributed by atoms with Crippen LogP contribution in [0.2, 0.25) is 0 Å². The van der Waals surface area contributed by atoms with Gasteiger partial charge in [0, 0.05) is 43.9 Å². The topological polar surface area (TPSA) is 103 Å². The van der Waals surface area contributed by atoms with Gasteiger partial charge in [-0.15, -0.1) is 5.10 Å². The normalized spacial score (nSPS) is 17.0. The third-order valence-corrected chi connectivity index (χ3v) is 4.23. The molecule has 28 heavy (non-hydrogen) atoms. The zero-order valence-electron chi connectivity index (χ0n) is 15.7. The fourth-order valence-electron chi connectivity index (χ4n) is 2.77. The fraction of sp³-hybridized carbons (Fsp3) is 0.316. The highest BCUT2D eigenvalue weighted by Crippen LogP contribution is 2.31. The van der Waals surface area contributed by atoms with Gasteiger partial charge in [0.1, 0.15) is 6.79 Å². The van der Waals surface area contributed by atoms with Crippen molar-refractivity contribution in [3.05, 3.63) is 54.1 Å². The SMILES string of the molecule is C/C(N)=C/C=C(\N)c1cc(N2CCC(F)(F)CC2)nn1-c1cccnc1.C=O. The summed E-state index contributed by atoms with van der Waals surface area (Å²) in [5.41, 5.74) is 14.4. The molecule has 3 heterocycles. The molecule has 1 saturated heterocycles. The molecule has 1 fully saturated rings. The molecule has 3 rings (SSSR count). The number of carbonyl (C=O) groups excluding carboxylic acids is 1. The lowest BCUT2D eigenvalue weighted by Gasteiger charge is -2.31. The number of carbonyl (C=O) groups is 1. The number of nitrogens with zero attached hydrogens (tertiary/aromatic N) is 4. The molecular weight excluding hydrogens is 366 g/mol. The van der Waals surface area contributed by atoms with Gasteiger partial charge in [-0.1, -0.05) is 0 Å². The fourth-order valence-corrected chi connectivity index (χ4v) is 2.77. The Bertz CT molecular complexity index is 833. The summed E-state index contributed by atoms with van der Waals surface area (Å²) in [6, 6.07) is 5.46. The van der Waals surface area contributed by atoms with Crippen molar-refractivity contribution in [1.29, 1.82) is 0 Å². The van der Waals surface area contributed by atoms with Crippen molar-refractivity contribution in [3.63, 3.8) is 0 Å². The van der Waals surface area contributed by atoms with E-state index in [1.54, 1.807) is 42.2 Å². The lowest BCUT2D eigenvalue weighted by molar-refractivity contribution is -0.0980. The van der Waals surface area contributed by atoms with Gasteiger partial charge in [0.05, 0.1) is 23.3 Å². The van der Waals surface area contributed by atoms with E-state index < -0.39 is 5.92 Å². The molecule has 7 nitrogen and oxygen atoms in total. The first kappa shape index (κ1) is 21.1.